The molecule has 1 heterocycles. The summed E-state index contributed by atoms with van der Waals surface area (Å²) in [4.78, 5) is 54.0. The molecule has 1 aromatic rings. The number of rotatable bonds is 8. The topological polar surface area (TPSA) is 172 Å². The van der Waals surface area contributed by atoms with Gasteiger partial charge in [-0.25, -0.2) is 9.59 Å². The van der Waals surface area contributed by atoms with Crippen LogP contribution in [0.4, 0.5) is 4.79 Å². The number of nitrogens with one attached hydrogen (secondary N) is 1. The van der Waals surface area contributed by atoms with E-state index in [0.29, 0.717) is 23.9 Å². The van der Waals surface area contributed by atoms with Gasteiger partial charge in [0.15, 0.2) is 5.78 Å². The number of aliphatic hydroxyl groups excluding tert-OH is 2. The van der Waals surface area contributed by atoms with Crippen molar-refractivity contribution >= 4 is 31.4 Å². The van der Waals surface area contributed by atoms with E-state index < -0.39 is 82.0 Å². The maximum Gasteiger partial charge on any atom is 0.410 e. The van der Waals surface area contributed by atoms with E-state index in [2.05, 4.69) is 5.23 Å². The van der Waals surface area contributed by atoms with Crippen LogP contribution in [-0.4, -0.2) is 108 Å². The van der Waals surface area contributed by atoms with Crippen LogP contribution in [0.25, 0.3) is 0 Å². The number of hydrogen-bond acceptors (Lipinski definition) is 11. The van der Waals surface area contributed by atoms with Gasteiger partial charge in [-0.2, -0.15) is 0 Å². The number of benzene rings is 1. The van der Waals surface area contributed by atoms with Crippen molar-refractivity contribution in [2.75, 3.05) is 20.7 Å². The summed E-state index contributed by atoms with van der Waals surface area (Å²) in [6, 6.07) is 7.62. The van der Waals surface area contributed by atoms with Crippen molar-refractivity contribution in [1.29, 1.82) is 0 Å². The molecule has 2 saturated carbocycles. The number of nitrogens with zero attached hydrogens (tertiary/aromatic N) is 1. The van der Waals surface area contributed by atoms with E-state index in [-0.39, 0.29) is 24.5 Å². The summed E-state index contributed by atoms with van der Waals surface area (Å²) in [5, 5.41) is 39.2. The van der Waals surface area contributed by atoms with Gasteiger partial charge in [0.2, 0.25) is 6.10 Å². The van der Waals surface area contributed by atoms with Gasteiger partial charge in [-0.15, -0.1) is 0 Å². The molecule has 3 fully saturated rings. The Kier molecular flexibility index (Phi) is 9.54. The molecule has 2 bridgehead atoms. The molecule has 0 unspecified atom stereocenters. The fourth-order valence-electron chi connectivity index (χ4n) is 9.41. The van der Waals surface area contributed by atoms with Crippen molar-refractivity contribution in [3.8, 4) is 0 Å². The number of ketones is 1. The zero-order chi connectivity index (χ0) is 35.6. The number of carbonyl (C=O) groups excluding carboxylic acids is 4. The first-order chi connectivity index (χ1) is 22.4. The zero-order valence-electron chi connectivity index (χ0n) is 28.9. The van der Waals surface area contributed by atoms with Crippen LogP contribution in [-0.2, 0) is 28.6 Å². The molecule has 11 atom stereocenters. The molecule has 1 aliphatic heterocycles. The molecular weight excluding hydrogens is 619 g/mol. The summed E-state index contributed by atoms with van der Waals surface area (Å²) in [6.45, 7) is 11.1. The van der Waals surface area contributed by atoms with Gasteiger partial charge in [-0.3, -0.25) is 4.79 Å². The number of fused-ring (bicyclic) bond motifs is 5. The number of Topliss-reactive ketones (excluding diaryl/α,β-unsaturated/α-hetero) is 1. The Labute approximate surface area is 282 Å². The highest BCUT2D eigenvalue weighted by molar-refractivity contribution is 6.64. The molecule has 12 nitrogen and oxygen atoms in total. The lowest BCUT2D eigenvalue weighted by Crippen LogP contribution is -2.75. The fourth-order valence-corrected chi connectivity index (χ4v) is 9.41. The minimum atomic E-state index is -1.70. The van der Waals surface area contributed by atoms with Crippen molar-refractivity contribution in [2.45, 2.75) is 96.5 Å². The Hall–Kier alpha value is -3.10. The zero-order valence-corrected chi connectivity index (χ0v) is 28.9. The minimum absolute atomic E-state index is 0.0916. The second-order valence-corrected chi connectivity index (χ2v) is 15.2. The number of esters is 1. The normalized spacial score (nSPS) is 38.1. The Morgan fingerprint density at radius 3 is 2.35 bits per heavy atom. The van der Waals surface area contributed by atoms with Crippen LogP contribution in [0.2, 0.25) is 0 Å². The molecule has 0 spiro atoms. The number of amides is 1. The van der Waals surface area contributed by atoms with Gasteiger partial charge in [0.25, 0.3) is 7.41 Å². The number of hydrogen-bond donors (Lipinski definition) is 4. The maximum absolute atomic E-state index is 14.5. The van der Waals surface area contributed by atoms with Crippen LogP contribution in [0.3, 0.4) is 0 Å². The monoisotopic (exact) mass is 667 g/mol. The van der Waals surface area contributed by atoms with Crippen LogP contribution < -0.4 is 5.23 Å². The fraction of sp³-hybridized carbons (Fsp3) is 0.657. The first-order valence-electron chi connectivity index (χ1n) is 16.5. The number of carbonyl (C=O) groups is 4. The maximum atomic E-state index is 14.5. The predicted octanol–water partition coefficient (Wildman–Crippen LogP) is 1.95. The smallest absolute Gasteiger partial charge is 0.410 e. The van der Waals surface area contributed by atoms with Gasteiger partial charge >= 0.3 is 12.1 Å². The Morgan fingerprint density at radius 1 is 1.15 bits per heavy atom. The SMILES string of the molecule is CC1=C2[C@@H](O)C(=O)[C@@]3(C)[C@H]([C@H](C)[C@](O)(C[C@@H]1OC(=O)[C@H](OC(=O)N(C)C)[C@@H](N[B]C=O)c1ccccc1)C2(C)C)[C@]1(C)CO[C@@H]1C[C@@H]3O. The summed E-state index contributed by atoms with van der Waals surface area (Å²) in [7, 11) is 4.01. The quantitative estimate of drug-likeness (QED) is 0.138. The van der Waals surface area contributed by atoms with E-state index in [1.54, 1.807) is 58.0 Å². The molecule has 3 aliphatic carbocycles. The van der Waals surface area contributed by atoms with Gasteiger partial charge in [0.1, 0.15) is 12.2 Å². The first kappa shape index (κ1) is 36.2. The molecule has 1 radical (unpaired) electrons. The summed E-state index contributed by atoms with van der Waals surface area (Å²) < 4.78 is 17.6. The van der Waals surface area contributed by atoms with E-state index >= 15 is 0 Å². The molecular formula is C35H48BN2O10. The van der Waals surface area contributed by atoms with Crippen LogP contribution in [0.1, 0.15) is 66.0 Å². The summed E-state index contributed by atoms with van der Waals surface area (Å²) in [5.74, 6) is -2.73. The van der Waals surface area contributed by atoms with Gasteiger partial charge in [0.05, 0.1) is 42.1 Å². The summed E-state index contributed by atoms with van der Waals surface area (Å²) in [5.41, 5.74) is -3.61. The standard InChI is InChI=1S/C35H48BN2O10/c1-18-21(47-30(43)27(48-31(44)38(7)8)25(37-36-17-39)20-12-10-9-11-13-20)15-35(45)19(2)28-33(5)16-46-23(33)14-22(40)34(28,6)29(42)26(41)24(18)32(35,3)4/h9-13,17,19,21-23,25-28,37,40-41,45H,14-16H2,1-8H3/t19-,21-,22-,23+,25-,26+,27+,28+,33+,34+,35+/m0/s1. The predicted molar refractivity (Wildman–Crippen MR) is 175 cm³/mol. The molecule has 4 aliphatic rings. The highest BCUT2D eigenvalue weighted by atomic mass is 16.6. The molecule has 1 saturated heterocycles. The van der Waals surface area contributed by atoms with Crippen molar-refractivity contribution in [3.05, 3.63) is 47.0 Å². The van der Waals surface area contributed by atoms with Crippen LogP contribution in [0.15, 0.2) is 41.5 Å². The molecule has 13 heteroatoms. The lowest BCUT2D eigenvalue weighted by Gasteiger charge is -2.68. The second-order valence-electron chi connectivity index (χ2n) is 15.2. The highest BCUT2D eigenvalue weighted by Gasteiger charge is 2.72. The van der Waals surface area contributed by atoms with Gasteiger partial charge in [0, 0.05) is 37.8 Å². The Balaban J connectivity index is 1.60. The van der Waals surface area contributed by atoms with Crippen molar-refractivity contribution in [1.82, 2.24) is 10.1 Å². The molecule has 1 aromatic carbocycles. The Bertz CT molecular complexity index is 1480. The molecule has 261 valence electrons. The van der Waals surface area contributed by atoms with E-state index in [1.165, 1.54) is 14.1 Å². The first-order valence-corrected chi connectivity index (χ1v) is 16.5. The molecule has 5 rings (SSSR count). The van der Waals surface area contributed by atoms with E-state index in [9.17, 15) is 34.5 Å². The number of aliphatic hydroxyl groups is 3. The average Bonchev–Trinajstić information content (AvgIpc) is 3.03. The third-order valence-electron chi connectivity index (χ3n) is 12.2. The third kappa shape index (κ3) is 5.33. The average molecular weight is 668 g/mol. The van der Waals surface area contributed by atoms with Gasteiger partial charge in [-0.05, 0) is 42.4 Å². The third-order valence-corrected chi connectivity index (χ3v) is 12.2. The summed E-state index contributed by atoms with van der Waals surface area (Å²) >= 11 is 0. The van der Waals surface area contributed by atoms with Crippen LogP contribution in [0, 0.1) is 28.1 Å². The van der Waals surface area contributed by atoms with Crippen molar-refractivity contribution < 1.29 is 48.7 Å². The molecule has 48 heavy (non-hydrogen) atoms. The van der Waals surface area contributed by atoms with E-state index in [1.807, 2.05) is 13.8 Å². The Morgan fingerprint density at radius 2 is 1.79 bits per heavy atom. The largest absolute Gasteiger partial charge is 0.455 e. The molecule has 0 aromatic heterocycles. The minimum Gasteiger partial charge on any atom is -0.455 e. The highest BCUT2D eigenvalue weighted by Crippen LogP contribution is 2.66. The van der Waals surface area contributed by atoms with E-state index in [0.717, 1.165) is 12.3 Å². The summed E-state index contributed by atoms with van der Waals surface area (Å²) in [6.07, 6.45) is -6.03. The number of ether oxygens (including phenoxy) is 3. The molecule has 4 N–H and O–H groups in total. The van der Waals surface area contributed by atoms with Crippen LogP contribution >= 0.6 is 0 Å². The van der Waals surface area contributed by atoms with Crippen LogP contribution in [0.5, 0.6) is 0 Å². The lowest BCUT2D eigenvalue weighted by atomic mass is 9.40. The second kappa shape index (κ2) is 12.7. The van der Waals surface area contributed by atoms with Gasteiger partial charge in [-0.1, -0.05) is 58.0 Å². The van der Waals surface area contributed by atoms with Gasteiger partial charge < -0.3 is 44.5 Å². The van der Waals surface area contributed by atoms with E-state index in [4.69, 9.17) is 14.2 Å². The van der Waals surface area contributed by atoms with Crippen molar-refractivity contribution in [2.24, 2.45) is 28.1 Å². The lowest BCUT2D eigenvalue weighted by molar-refractivity contribution is -0.302. The van der Waals surface area contributed by atoms with Crippen molar-refractivity contribution in [3.63, 3.8) is 0 Å². The molecule has 1 amide bonds.